The van der Waals surface area contributed by atoms with E-state index in [1.165, 1.54) is 4.90 Å². The molecule has 0 saturated carbocycles. The minimum atomic E-state index is -0.840. The zero-order valence-electron chi connectivity index (χ0n) is 18.7. The Morgan fingerprint density at radius 2 is 1.91 bits per heavy atom. The van der Waals surface area contributed by atoms with Crippen molar-refractivity contribution < 1.29 is 24.4 Å². The molecule has 1 atom stereocenters. The van der Waals surface area contributed by atoms with Gasteiger partial charge in [-0.2, -0.15) is 0 Å². The molecule has 8 nitrogen and oxygen atoms in total. The summed E-state index contributed by atoms with van der Waals surface area (Å²) in [5, 5.41) is 13.9. The number of ketones is 1. The van der Waals surface area contributed by atoms with Gasteiger partial charge in [-0.1, -0.05) is 24.0 Å². The Bertz CT molecular complexity index is 1420. The summed E-state index contributed by atoms with van der Waals surface area (Å²) in [4.78, 5) is 35.4. The number of hydrogen-bond donors (Lipinski definition) is 0. The van der Waals surface area contributed by atoms with Crippen molar-refractivity contribution in [3.8, 4) is 5.75 Å². The minimum absolute atomic E-state index is 0.0798. The Hall–Kier alpha value is -4.46. The molecule has 0 radical (unpaired) electrons. The molecule has 1 amide bonds. The molecule has 0 aliphatic carbocycles. The number of carbonyl (C=O) groups is 2. The summed E-state index contributed by atoms with van der Waals surface area (Å²) in [6.45, 7) is 1.89. The molecule has 3 aromatic heterocycles. The molecule has 1 saturated heterocycles. The Balaban J connectivity index is 1.71. The fraction of sp³-hybridized carbons (Fsp3) is 0.154. The van der Waals surface area contributed by atoms with E-state index >= 15 is 0 Å². The van der Waals surface area contributed by atoms with E-state index in [0.717, 1.165) is 5.56 Å². The molecule has 4 heterocycles. The summed E-state index contributed by atoms with van der Waals surface area (Å²) in [6, 6.07) is 15.3. The number of fused-ring (bicyclic) bond motifs is 1. The molecule has 1 aromatic carbocycles. The molecule has 1 unspecified atom stereocenters. The average molecular weight is 454 g/mol. The van der Waals surface area contributed by atoms with Gasteiger partial charge in [0.2, 0.25) is 5.78 Å². The second-order valence-electron chi connectivity index (χ2n) is 8.07. The largest absolute Gasteiger partial charge is 0.871 e. The van der Waals surface area contributed by atoms with Crippen LogP contribution in [0.1, 0.15) is 28.6 Å². The van der Waals surface area contributed by atoms with E-state index in [-0.39, 0.29) is 17.8 Å². The molecule has 1 aliphatic heterocycles. The third-order valence-electron chi connectivity index (χ3n) is 6.00. The monoisotopic (exact) mass is 454 g/mol. The Kier molecular flexibility index (Phi) is 5.33. The van der Waals surface area contributed by atoms with Crippen molar-refractivity contribution in [2.24, 2.45) is 0 Å². The summed E-state index contributed by atoms with van der Waals surface area (Å²) in [6.07, 6.45) is 5.25. The highest BCUT2D eigenvalue weighted by Gasteiger charge is 2.44. The number of rotatable bonds is 5. The predicted molar refractivity (Wildman–Crippen MR) is 121 cm³/mol. The van der Waals surface area contributed by atoms with Crippen LogP contribution in [0.3, 0.4) is 0 Å². The van der Waals surface area contributed by atoms with Crippen LogP contribution in [0.15, 0.2) is 78.8 Å². The van der Waals surface area contributed by atoms with Crippen molar-refractivity contribution in [3.63, 3.8) is 0 Å². The smallest absolute Gasteiger partial charge is 0.295 e. The van der Waals surface area contributed by atoms with E-state index < -0.39 is 23.5 Å². The normalized spacial score (nSPS) is 17.5. The van der Waals surface area contributed by atoms with Crippen LogP contribution in [-0.4, -0.2) is 33.1 Å². The Labute approximate surface area is 195 Å². The first-order valence-corrected chi connectivity index (χ1v) is 10.8. The van der Waals surface area contributed by atoms with Crippen molar-refractivity contribution in [2.75, 3.05) is 7.11 Å². The number of ether oxygens (including phenoxy) is 1. The number of aryl methyl sites for hydroxylation is 1. The molecule has 1 N–H and O–H groups in total. The standard InChI is InChI=1S/C26H22N4O4/c1-16-22(29-13-4-3-7-20(29)28-16)24(31)21-23(18-8-10-19(34-2)11-9-18)30(26(33)25(21)32)15-17-6-5-12-27-14-17/h3-14,23,31H,15H2,1-2H3. The van der Waals surface area contributed by atoms with Gasteiger partial charge in [0.1, 0.15) is 11.4 Å². The quantitative estimate of drug-likeness (QED) is 0.260. The van der Waals surface area contributed by atoms with Gasteiger partial charge in [0, 0.05) is 23.4 Å². The number of H-pyrrole nitrogens is 1. The lowest BCUT2D eigenvalue weighted by molar-refractivity contribution is -0.378. The summed E-state index contributed by atoms with van der Waals surface area (Å²) in [5.41, 5.74) is 2.74. The lowest BCUT2D eigenvalue weighted by Gasteiger charge is -2.27. The molecule has 8 heteroatoms. The Morgan fingerprint density at radius 1 is 1.12 bits per heavy atom. The molecule has 1 aliphatic rings. The summed E-state index contributed by atoms with van der Waals surface area (Å²) in [7, 11) is 1.56. The number of nitrogens with one attached hydrogen (secondary N) is 1. The van der Waals surface area contributed by atoms with E-state index in [9.17, 15) is 14.7 Å². The van der Waals surface area contributed by atoms with Crippen molar-refractivity contribution in [1.29, 1.82) is 0 Å². The van der Waals surface area contributed by atoms with Crippen molar-refractivity contribution in [3.05, 3.63) is 101 Å². The second kappa shape index (κ2) is 8.47. The van der Waals surface area contributed by atoms with E-state index in [1.807, 2.05) is 18.2 Å². The van der Waals surface area contributed by atoms with Crippen LogP contribution in [0, 0.1) is 6.92 Å². The van der Waals surface area contributed by atoms with E-state index in [1.54, 1.807) is 73.4 Å². The van der Waals surface area contributed by atoms with Crippen molar-refractivity contribution in [2.45, 2.75) is 19.5 Å². The van der Waals surface area contributed by atoms with Gasteiger partial charge in [-0.05, 0) is 42.8 Å². The lowest BCUT2D eigenvalue weighted by Crippen LogP contribution is -2.29. The van der Waals surface area contributed by atoms with Crippen LogP contribution in [0.4, 0.5) is 0 Å². The molecule has 34 heavy (non-hydrogen) atoms. The number of pyridine rings is 2. The number of aromatic amines is 1. The van der Waals surface area contributed by atoms with Crippen LogP contribution in [0.5, 0.6) is 5.75 Å². The van der Waals surface area contributed by atoms with E-state index in [4.69, 9.17) is 4.74 Å². The van der Waals surface area contributed by atoms with Crippen LogP contribution in [0.25, 0.3) is 11.4 Å². The first-order valence-electron chi connectivity index (χ1n) is 10.8. The summed E-state index contributed by atoms with van der Waals surface area (Å²) >= 11 is 0. The third kappa shape index (κ3) is 3.49. The summed E-state index contributed by atoms with van der Waals surface area (Å²) in [5.74, 6) is -1.37. The zero-order valence-corrected chi connectivity index (χ0v) is 18.7. The van der Waals surface area contributed by atoms with Gasteiger partial charge in [0.15, 0.2) is 12.4 Å². The SMILES string of the molecule is COc1ccc(C2C(=C([O-])c3c(C)nc4ccccn34)C(=O)C(=O)N2Cc2ccc[nH+]c2)cc1. The summed E-state index contributed by atoms with van der Waals surface area (Å²) < 4.78 is 6.91. The number of imidazole rings is 1. The maximum Gasteiger partial charge on any atom is 0.295 e. The maximum atomic E-state index is 13.9. The first-order chi connectivity index (χ1) is 16.5. The number of methoxy groups -OCH3 is 1. The van der Waals surface area contributed by atoms with Gasteiger partial charge >= 0.3 is 0 Å². The molecule has 1 fully saturated rings. The Morgan fingerprint density at radius 3 is 2.62 bits per heavy atom. The number of benzene rings is 1. The number of nitrogens with zero attached hydrogens (tertiary/aromatic N) is 3. The first kappa shape index (κ1) is 21.4. The van der Waals surface area contributed by atoms with Crippen molar-refractivity contribution in [1.82, 2.24) is 14.3 Å². The van der Waals surface area contributed by atoms with E-state index in [2.05, 4.69) is 9.97 Å². The topological polar surface area (TPSA) is 101 Å². The third-order valence-corrected chi connectivity index (χ3v) is 6.00. The van der Waals surface area contributed by atoms with Crippen molar-refractivity contribution >= 4 is 23.1 Å². The average Bonchev–Trinajstić information content (AvgIpc) is 3.33. The van der Waals surface area contributed by atoms with E-state index in [0.29, 0.717) is 22.7 Å². The number of aromatic nitrogens is 3. The molecular formula is C26H22N4O4. The zero-order chi connectivity index (χ0) is 23.8. The highest BCUT2D eigenvalue weighted by atomic mass is 16.5. The predicted octanol–water partition coefficient (Wildman–Crippen LogP) is 1.89. The highest BCUT2D eigenvalue weighted by molar-refractivity contribution is 6.46. The van der Waals surface area contributed by atoms with Crippen LogP contribution >= 0.6 is 0 Å². The minimum Gasteiger partial charge on any atom is -0.871 e. The number of Topliss-reactive ketones (excluding diaryl/α,β-unsaturated/α-hetero) is 1. The van der Waals surface area contributed by atoms with Gasteiger partial charge < -0.3 is 19.1 Å². The van der Waals surface area contributed by atoms with Crippen LogP contribution < -0.4 is 14.8 Å². The molecule has 5 rings (SSSR count). The van der Waals surface area contributed by atoms with Gasteiger partial charge in [0.25, 0.3) is 5.91 Å². The number of hydrogen-bond acceptors (Lipinski definition) is 5. The number of likely N-dealkylation sites (tertiary alicyclic amines) is 1. The van der Waals surface area contributed by atoms with Gasteiger partial charge in [-0.15, -0.1) is 0 Å². The lowest BCUT2D eigenvalue weighted by atomic mass is 9.96. The van der Waals surface area contributed by atoms with Crippen LogP contribution in [0.2, 0.25) is 0 Å². The second-order valence-corrected chi connectivity index (χ2v) is 8.07. The fourth-order valence-electron chi connectivity index (χ4n) is 4.41. The highest BCUT2D eigenvalue weighted by Crippen LogP contribution is 2.40. The van der Waals surface area contributed by atoms with Gasteiger partial charge in [-0.3, -0.25) is 9.59 Å². The fourth-order valence-corrected chi connectivity index (χ4v) is 4.41. The van der Waals surface area contributed by atoms with Gasteiger partial charge in [-0.25, -0.2) is 9.97 Å². The molecule has 170 valence electrons. The number of amides is 1. The number of carbonyl (C=O) groups excluding carboxylic acids is 2. The molecule has 4 aromatic rings. The molecule has 0 spiro atoms. The molecular weight excluding hydrogens is 432 g/mol. The maximum absolute atomic E-state index is 13.9. The van der Waals surface area contributed by atoms with Gasteiger partial charge in [0.05, 0.1) is 31.1 Å². The van der Waals surface area contributed by atoms with Crippen LogP contribution in [-0.2, 0) is 16.1 Å². The molecule has 0 bridgehead atoms.